The Kier molecular flexibility index (Phi) is 5.20. The van der Waals surface area contributed by atoms with Crippen molar-refractivity contribution >= 4 is 23.3 Å². The van der Waals surface area contributed by atoms with E-state index >= 15 is 0 Å². The number of pyridine rings is 1. The molecule has 2 heterocycles. The van der Waals surface area contributed by atoms with Crippen LogP contribution in [0.25, 0.3) is 0 Å². The highest BCUT2D eigenvalue weighted by Crippen LogP contribution is 2.19. The number of anilines is 1. The average molecular weight is 346 g/mol. The van der Waals surface area contributed by atoms with Crippen LogP contribution in [-0.4, -0.2) is 48.1 Å². The van der Waals surface area contributed by atoms with Gasteiger partial charge in [0.25, 0.3) is 5.91 Å². The highest BCUT2D eigenvalue weighted by Gasteiger charge is 2.26. The third-order valence-corrected chi connectivity index (χ3v) is 4.26. The number of benzene rings is 1. The van der Waals surface area contributed by atoms with Crippen LogP contribution in [0, 0.1) is 0 Å². The molecule has 24 heavy (non-hydrogen) atoms. The molecule has 1 fully saturated rings. The number of carbonyl (C=O) groups excluding carboxylic acids is 1. The molecule has 0 spiro atoms. The molecule has 0 saturated carbocycles. The molecule has 5 nitrogen and oxygen atoms in total. The molecule has 3 rings (SSSR count). The number of halogens is 1. The van der Waals surface area contributed by atoms with Crippen molar-refractivity contribution in [3.8, 4) is 5.75 Å². The number of ether oxygens (including phenoxy) is 1. The minimum absolute atomic E-state index is 0.00403. The van der Waals surface area contributed by atoms with Crippen LogP contribution in [0.1, 0.15) is 6.92 Å². The van der Waals surface area contributed by atoms with E-state index in [1.807, 2.05) is 23.1 Å². The summed E-state index contributed by atoms with van der Waals surface area (Å²) >= 11 is 5.94. The minimum atomic E-state index is -0.537. The van der Waals surface area contributed by atoms with Crippen molar-refractivity contribution in [2.24, 2.45) is 0 Å². The van der Waals surface area contributed by atoms with E-state index in [1.54, 1.807) is 37.4 Å². The van der Waals surface area contributed by atoms with E-state index in [-0.39, 0.29) is 5.91 Å². The molecule has 0 radical (unpaired) electrons. The minimum Gasteiger partial charge on any atom is -0.481 e. The zero-order valence-electron chi connectivity index (χ0n) is 13.6. The average Bonchev–Trinajstić information content (AvgIpc) is 2.62. The highest BCUT2D eigenvalue weighted by atomic mass is 35.5. The number of aromatic nitrogens is 1. The molecule has 126 valence electrons. The Balaban J connectivity index is 1.55. The summed E-state index contributed by atoms with van der Waals surface area (Å²) in [5.41, 5.74) is 0. The lowest BCUT2D eigenvalue weighted by Gasteiger charge is -2.36. The SMILES string of the molecule is C[C@H](Oc1cccc(Cl)c1)C(=O)N1CCN(c2ccccn2)CC1. The van der Waals surface area contributed by atoms with Gasteiger partial charge in [0.1, 0.15) is 11.6 Å². The summed E-state index contributed by atoms with van der Waals surface area (Å²) in [7, 11) is 0. The molecule has 0 N–H and O–H groups in total. The van der Waals surface area contributed by atoms with Crippen molar-refractivity contribution in [2.45, 2.75) is 13.0 Å². The van der Waals surface area contributed by atoms with Gasteiger partial charge < -0.3 is 14.5 Å². The largest absolute Gasteiger partial charge is 0.481 e. The van der Waals surface area contributed by atoms with E-state index in [1.165, 1.54) is 0 Å². The number of rotatable bonds is 4. The molecule has 1 aliphatic heterocycles. The number of carbonyl (C=O) groups is 1. The Labute approximate surface area is 146 Å². The summed E-state index contributed by atoms with van der Waals surface area (Å²) < 4.78 is 5.72. The van der Waals surface area contributed by atoms with Crippen molar-refractivity contribution in [3.63, 3.8) is 0 Å². The summed E-state index contributed by atoms with van der Waals surface area (Å²) in [6.45, 7) is 4.64. The Bertz CT molecular complexity index is 688. The fourth-order valence-electron chi connectivity index (χ4n) is 2.75. The second-order valence-corrected chi connectivity index (χ2v) is 6.15. The first-order valence-electron chi connectivity index (χ1n) is 8.00. The van der Waals surface area contributed by atoms with Gasteiger partial charge in [-0.15, -0.1) is 0 Å². The second-order valence-electron chi connectivity index (χ2n) is 5.72. The molecule has 1 aromatic heterocycles. The maximum absolute atomic E-state index is 12.6. The van der Waals surface area contributed by atoms with Crippen LogP contribution in [0.5, 0.6) is 5.75 Å². The van der Waals surface area contributed by atoms with E-state index in [0.29, 0.717) is 23.9 Å². The Morgan fingerprint density at radius 2 is 1.96 bits per heavy atom. The molecule has 0 unspecified atom stereocenters. The van der Waals surface area contributed by atoms with E-state index in [9.17, 15) is 4.79 Å². The van der Waals surface area contributed by atoms with E-state index in [0.717, 1.165) is 18.9 Å². The van der Waals surface area contributed by atoms with Gasteiger partial charge in [0, 0.05) is 37.4 Å². The van der Waals surface area contributed by atoms with Crippen molar-refractivity contribution < 1.29 is 9.53 Å². The molecule has 1 aliphatic rings. The lowest BCUT2D eigenvalue weighted by atomic mass is 10.2. The molecule has 1 saturated heterocycles. The monoisotopic (exact) mass is 345 g/mol. The van der Waals surface area contributed by atoms with Crippen molar-refractivity contribution in [1.82, 2.24) is 9.88 Å². The third-order valence-electron chi connectivity index (χ3n) is 4.02. The predicted octanol–water partition coefficient (Wildman–Crippen LogP) is 2.85. The van der Waals surface area contributed by atoms with E-state index < -0.39 is 6.10 Å². The normalized spacial score (nSPS) is 15.9. The van der Waals surface area contributed by atoms with Crippen LogP contribution < -0.4 is 9.64 Å². The van der Waals surface area contributed by atoms with Crippen LogP contribution in [0.2, 0.25) is 5.02 Å². The van der Waals surface area contributed by atoms with Gasteiger partial charge in [-0.25, -0.2) is 4.98 Å². The summed E-state index contributed by atoms with van der Waals surface area (Å²) in [6.07, 6.45) is 1.25. The van der Waals surface area contributed by atoms with Gasteiger partial charge in [-0.2, -0.15) is 0 Å². The molecular weight excluding hydrogens is 326 g/mol. The maximum atomic E-state index is 12.6. The maximum Gasteiger partial charge on any atom is 0.263 e. The summed E-state index contributed by atoms with van der Waals surface area (Å²) in [6, 6.07) is 13.0. The lowest BCUT2D eigenvalue weighted by Crippen LogP contribution is -2.52. The van der Waals surface area contributed by atoms with Gasteiger partial charge in [0.05, 0.1) is 0 Å². The first kappa shape index (κ1) is 16.6. The van der Waals surface area contributed by atoms with E-state index in [4.69, 9.17) is 16.3 Å². The molecular formula is C18H20ClN3O2. The van der Waals surface area contributed by atoms with Gasteiger partial charge >= 0.3 is 0 Å². The molecule has 1 aromatic carbocycles. The summed E-state index contributed by atoms with van der Waals surface area (Å²) in [5, 5.41) is 0.594. The van der Waals surface area contributed by atoms with Gasteiger partial charge in [0.2, 0.25) is 0 Å². The predicted molar refractivity (Wildman–Crippen MR) is 94.6 cm³/mol. The molecule has 1 atom stereocenters. The summed E-state index contributed by atoms with van der Waals surface area (Å²) in [4.78, 5) is 20.9. The first-order chi connectivity index (χ1) is 11.6. The zero-order valence-corrected chi connectivity index (χ0v) is 14.3. The quantitative estimate of drug-likeness (QED) is 0.854. The number of nitrogens with zero attached hydrogens (tertiary/aromatic N) is 3. The number of hydrogen-bond acceptors (Lipinski definition) is 4. The lowest BCUT2D eigenvalue weighted by molar-refractivity contribution is -0.138. The van der Waals surface area contributed by atoms with Crippen LogP contribution in [0.3, 0.4) is 0 Å². The highest BCUT2D eigenvalue weighted by molar-refractivity contribution is 6.30. The zero-order chi connectivity index (χ0) is 16.9. The number of hydrogen-bond donors (Lipinski definition) is 0. The molecule has 1 amide bonds. The fraction of sp³-hybridized carbons (Fsp3) is 0.333. The van der Waals surface area contributed by atoms with Gasteiger partial charge in [-0.05, 0) is 37.3 Å². The third kappa shape index (κ3) is 3.97. The van der Waals surface area contributed by atoms with E-state index in [2.05, 4.69) is 9.88 Å². The Morgan fingerprint density at radius 3 is 2.62 bits per heavy atom. The number of amides is 1. The molecule has 0 bridgehead atoms. The molecule has 6 heteroatoms. The molecule has 2 aromatic rings. The van der Waals surface area contributed by atoms with Crippen LogP contribution >= 0.6 is 11.6 Å². The summed E-state index contributed by atoms with van der Waals surface area (Å²) in [5.74, 6) is 1.55. The fourth-order valence-corrected chi connectivity index (χ4v) is 2.93. The number of piperazine rings is 1. The van der Waals surface area contributed by atoms with Crippen molar-refractivity contribution in [1.29, 1.82) is 0 Å². The smallest absolute Gasteiger partial charge is 0.263 e. The Morgan fingerprint density at radius 1 is 1.17 bits per heavy atom. The van der Waals surface area contributed by atoms with Crippen LogP contribution in [0.15, 0.2) is 48.7 Å². The molecule has 0 aliphatic carbocycles. The standard InChI is InChI=1S/C18H20ClN3O2/c1-14(24-16-6-4-5-15(19)13-16)18(23)22-11-9-21(10-12-22)17-7-2-3-8-20-17/h2-8,13-14H,9-12H2,1H3/t14-/m0/s1. The van der Waals surface area contributed by atoms with Gasteiger partial charge in [-0.3, -0.25) is 4.79 Å². The topological polar surface area (TPSA) is 45.7 Å². The van der Waals surface area contributed by atoms with Crippen LogP contribution in [0.4, 0.5) is 5.82 Å². The van der Waals surface area contributed by atoms with Crippen LogP contribution in [-0.2, 0) is 4.79 Å². The first-order valence-corrected chi connectivity index (χ1v) is 8.38. The Hall–Kier alpha value is -2.27. The van der Waals surface area contributed by atoms with Gasteiger partial charge in [0.15, 0.2) is 6.10 Å². The van der Waals surface area contributed by atoms with Crippen molar-refractivity contribution in [3.05, 3.63) is 53.7 Å². The van der Waals surface area contributed by atoms with Gasteiger partial charge in [-0.1, -0.05) is 23.7 Å². The second kappa shape index (κ2) is 7.53. The van der Waals surface area contributed by atoms with Crippen molar-refractivity contribution in [2.75, 3.05) is 31.1 Å².